The quantitative estimate of drug-likeness (QED) is 0.240. The van der Waals surface area contributed by atoms with E-state index in [4.69, 9.17) is 16.6 Å². The van der Waals surface area contributed by atoms with Crippen molar-refractivity contribution in [2.75, 3.05) is 10.2 Å². The van der Waals surface area contributed by atoms with Gasteiger partial charge in [0.05, 0.1) is 15.9 Å². The molecule has 1 N–H and O–H groups in total. The van der Waals surface area contributed by atoms with Gasteiger partial charge in [-0.05, 0) is 66.2 Å². The second kappa shape index (κ2) is 10.1. The van der Waals surface area contributed by atoms with Crippen LogP contribution in [-0.4, -0.2) is 11.0 Å². The molecule has 0 fully saturated rings. The van der Waals surface area contributed by atoms with Crippen molar-refractivity contribution < 1.29 is 4.79 Å². The van der Waals surface area contributed by atoms with Crippen LogP contribution in [0, 0.1) is 13.8 Å². The molecular weight excluding hydrogens is 534 g/mol. The smallest absolute Gasteiger partial charge is 0.307 e. The molecule has 4 aromatic carbocycles. The Morgan fingerprint density at radius 3 is 2.14 bits per heavy atom. The molecule has 0 aliphatic rings. The van der Waals surface area contributed by atoms with Gasteiger partial charge in [0.1, 0.15) is 5.82 Å². The normalized spacial score (nSPS) is 10.9. The number of benzene rings is 4. The number of nitrogens with zero attached hydrogens (tertiary/aromatic N) is 2. The van der Waals surface area contributed by atoms with Gasteiger partial charge in [0, 0.05) is 27.0 Å². The van der Waals surface area contributed by atoms with E-state index in [1.54, 1.807) is 4.90 Å². The van der Waals surface area contributed by atoms with Crippen molar-refractivity contribution >= 4 is 61.5 Å². The summed E-state index contributed by atoms with van der Waals surface area (Å²) < 4.78 is 0.840. The van der Waals surface area contributed by atoms with Crippen LogP contribution < -0.4 is 10.2 Å². The summed E-state index contributed by atoms with van der Waals surface area (Å²) in [7, 11) is 0. The molecule has 1 aromatic heterocycles. The monoisotopic (exact) mass is 555 g/mol. The van der Waals surface area contributed by atoms with Crippen molar-refractivity contribution in [2.24, 2.45) is 0 Å². The van der Waals surface area contributed by atoms with Gasteiger partial charge in [-0.1, -0.05) is 83.4 Å². The maximum atomic E-state index is 13.9. The third-order valence-corrected chi connectivity index (χ3v) is 6.98. The number of fused-ring (bicyclic) bond motifs is 1. The first-order valence-corrected chi connectivity index (χ1v) is 12.7. The lowest BCUT2D eigenvalue weighted by atomic mass is 10.1. The number of halogens is 2. The van der Waals surface area contributed by atoms with Gasteiger partial charge in [-0.3, -0.25) is 0 Å². The van der Waals surface area contributed by atoms with Gasteiger partial charge < -0.3 is 5.32 Å². The SMILES string of the molecule is Cc1ccc(NC(=O)N(c2ccc(C)cc2)c2nc(-c3ccccc3)c(Br)c3ccc(Cl)cc23)cc1. The van der Waals surface area contributed by atoms with Gasteiger partial charge in [0.15, 0.2) is 0 Å². The molecule has 0 saturated carbocycles. The Labute approximate surface area is 223 Å². The van der Waals surface area contributed by atoms with Crippen LogP contribution >= 0.6 is 27.5 Å². The highest BCUT2D eigenvalue weighted by atomic mass is 79.9. The van der Waals surface area contributed by atoms with Crippen LogP contribution in [0.1, 0.15) is 11.1 Å². The maximum absolute atomic E-state index is 13.9. The van der Waals surface area contributed by atoms with Crippen LogP contribution in [0.3, 0.4) is 0 Å². The largest absolute Gasteiger partial charge is 0.332 e. The molecule has 5 aromatic rings. The van der Waals surface area contributed by atoms with E-state index in [1.807, 2.05) is 111 Å². The summed E-state index contributed by atoms with van der Waals surface area (Å²) in [6, 6.07) is 30.7. The van der Waals surface area contributed by atoms with Crippen LogP contribution in [0.15, 0.2) is 102 Å². The van der Waals surface area contributed by atoms with E-state index >= 15 is 0 Å². The summed E-state index contributed by atoms with van der Waals surface area (Å²) >= 11 is 10.2. The molecule has 0 spiro atoms. The Morgan fingerprint density at radius 2 is 1.47 bits per heavy atom. The number of hydrogen-bond donors (Lipinski definition) is 1. The molecule has 0 unspecified atom stereocenters. The van der Waals surface area contributed by atoms with Crippen molar-refractivity contribution in [1.29, 1.82) is 0 Å². The predicted molar refractivity (Wildman–Crippen MR) is 153 cm³/mol. The zero-order valence-electron chi connectivity index (χ0n) is 19.8. The molecule has 0 bridgehead atoms. The second-order valence-electron chi connectivity index (χ2n) is 8.62. The first kappa shape index (κ1) is 24.0. The number of carbonyl (C=O) groups excluding carboxylic acids is 1. The van der Waals surface area contributed by atoms with Crippen molar-refractivity contribution in [3.05, 3.63) is 118 Å². The molecule has 178 valence electrons. The fraction of sp³-hybridized carbons (Fsp3) is 0.0667. The lowest BCUT2D eigenvalue weighted by Crippen LogP contribution is -2.31. The summed E-state index contributed by atoms with van der Waals surface area (Å²) in [4.78, 5) is 20.5. The third kappa shape index (κ3) is 4.85. The average Bonchev–Trinajstić information content (AvgIpc) is 2.88. The number of aryl methyl sites for hydroxylation is 2. The van der Waals surface area contributed by atoms with E-state index in [0.29, 0.717) is 22.2 Å². The number of pyridine rings is 1. The summed E-state index contributed by atoms with van der Waals surface area (Å²) in [5, 5.41) is 5.26. The predicted octanol–water partition coefficient (Wildman–Crippen LogP) is 9.30. The number of rotatable bonds is 4. The van der Waals surface area contributed by atoms with Crippen molar-refractivity contribution in [2.45, 2.75) is 13.8 Å². The first-order valence-electron chi connectivity index (χ1n) is 11.5. The van der Waals surface area contributed by atoms with E-state index in [1.165, 1.54) is 0 Å². The Balaban J connectivity index is 1.75. The number of carbonyl (C=O) groups is 1. The zero-order valence-corrected chi connectivity index (χ0v) is 22.1. The minimum absolute atomic E-state index is 0.321. The second-order valence-corrected chi connectivity index (χ2v) is 9.85. The molecule has 6 heteroatoms. The van der Waals surface area contributed by atoms with Gasteiger partial charge in [0.2, 0.25) is 0 Å². The fourth-order valence-corrected chi connectivity index (χ4v) is 4.87. The highest BCUT2D eigenvalue weighted by molar-refractivity contribution is 9.10. The zero-order chi connectivity index (χ0) is 25.2. The van der Waals surface area contributed by atoms with Crippen molar-refractivity contribution in [3.63, 3.8) is 0 Å². The molecule has 4 nitrogen and oxygen atoms in total. The molecule has 0 aliphatic carbocycles. The van der Waals surface area contributed by atoms with Crippen LogP contribution in [0.5, 0.6) is 0 Å². The molecule has 0 aliphatic heterocycles. The summed E-state index contributed by atoms with van der Waals surface area (Å²) in [5.74, 6) is 0.489. The summed E-state index contributed by atoms with van der Waals surface area (Å²) in [6.07, 6.45) is 0. The van der Waals surface area contributed by atoms with E-state index in [0.717, 1.165) is 37.6 Å². The lowest BCUT2D eigenvalue weighted by molar-refractivity contribution is 0.259. The van der Waals surface area contributed by atoms with E-state index < -0.39 is 0 Å². The number of anilines is 3. The molecular formula is C30H23BrClN3O. The topological polar surface area (TPSA) is 45.2 Å². The molecule has 1 heterocycles. The van der Waals surface area contributed by atoms with Gasteiger partial charge in [-0.25, -0.2) is 14.7 Å². The summed E-state index contributed by atoms with van der Waals surface area (Å²) in [6.45, 7) is 4.03. The molecule has 36 heavy (non-hydrogen) atoms. The fourth-order valence-electron chi connectivity index (χ4n) is 4.04. The van der Waals surface area contributed by atoms with Crippen molar-refractivity contribution in [1.82, 2.24) is 4.98 Å². The molecule has 5 rings (SSSR count). The van der Waals surface area contributed by atoms with Crippen LogP contribution in [-0.2, 0) is 0 Å². The highest BCUT2D eigenvalue weighted by Crippen LogP contribution is 2.41. The van der Waals surface area contributed by atoms with E-state index in [-0.39, 0.29) is 6.03 Å². The van der Waals surface area contributed by atoms with Crippen molar-refractivity contribution in [3.8, 4) is 11.3 Å². The van der Waals surface area contributed by atoms with Gasteiger partial charge >= 0.3 is 6.03 Å². The van der Waals surface area contributed by atoms with Crippen LogP contribution in [0.4, 0.5) is 22.0 Å². The number of amides is 2. The number of urea groups is 1. The minimum atomic E-state index is -0.321. The lowest BCUT2D eigenvalue weighted by Gasteiger charge is -2.25. The molecule has 0 atom stereocenters. The number of aromatic nitrogens is 1. The number of nitrogens with one attached hydrogen (secondary N) is 1. The Kier molecular flexibility index (Phi) is 6.77. The average molecular weight is 557 g/mol. The van der Waals surface area contributed by atoms with E-state index in [2.05, 4.69) is 21.2 Å². The van der Waals surface area contributed by atoms with Gasteiger partial charge in [-0.15, -0.1) is 0 Å². The molecule has 0 radical (unpaired) electrons. The molecule has 2 amide bonds. The minimum Gasteiger partial charge on any atom is -0.307 e. The van der Waals surface area contributed by atoms with Gasteiger partial charge in [-0.2, -0.15) is 0 Å². The standard InChI is InChI=1S/C30H23BrClN3O/c1-19-8-13-23(14-9-19)33-30(36)35(24-15-10-20(2)11-16-24)29-26-18-22(32)12-17-25(26)27(31)28(34-29)21-6-4-3-5-7-21/h3-18H,1-2H3,(H,33,36). The first-order chi connectivity index (χ1) is 17.4. The maximum Gasteiger partial charge on any atom is 0.332 e. The van der Waals surface area contributed by atoms with Crippen LogP contribution in [0.25, 0.3) is 22.0 Å². The van der Waals surface area contributed by atoms with Gasteiger partial charge in [0.25, 0.3) is 0 Å². The molecule has 0 saturated heterocycles. The Hall–Kier alpha value is -3.67. The number of hydrogen-bond acceptors (Lipinski definition) is 2. The highest BCUT2D eigenvalue weighted by Gasteiger charge is 2.25. The van der Waals surface area contributed by atoms with Crippen LogP contribution in [0.2, 0.25) is 5.02 Å². The third-order valence-electron chi connectivity index (χ3n) is 5.94. The Morgan fingerprint density at radius 1 is 0.833 bits per heavy atom. The Bertz CT molecular complexity index is 1550. The summed E-state index contributed by atoms with van der Waals surface area (Å²) in [5.41, 5.74) is 5.28. The van der Waals surface area contributed by atoms with E-state index in [9.17, 15) is 4.79 Å².